The summed E-state index contributed by atoms with van der Waals surface area (Å²) in [7, 11) is 0. The molecule has 0 atom stereocenters. The van der Waals surface area contributed by atoms with Crippen molar-refractivity contribution in [3.05, 3.63) is 51.4 Å². The number of aliphatic carboxylic acids is 1. The van der Waals surface area contributed by atoms with Crippen LogP contribution >= 0.6 is 11.8 Å². The van der Waals surface area contributed by atoms with Crippen molar-refractivity contribution in [2.45, 2.75) is 30.7 Å². The second-order valence-corrected chi connectivity index (χ2v) is 5.46. The fraction of sp³-hybridized carbons (Fsp3) is 0.286. The Morgan fingerprint density at radius 1 is 1.33 bits per heavy atom. The summed E-state index contributed by atoms with van der Waals surface area (Å²) in [6.07, 6.45) is -0.221. The summed E-state index contributed by atoms with van der Waals surface area (Å²) in [6, 6.07) is 7.97. The van der Waals surface area contributed by atoms with Crippen molar-refractivity contribution in [1.29, 1.82) is 0 Å². The number of aromatic nitrogens is 3. The number of nitrogens with zero attached hydrogens (tertiary/aromatic N) is 2. The Kier molecular flexibility index (Phi) is 5.10. The Morgan fingerprint density at radius 3 is 2.76 bits per heavy atom. The number of H-pyrrole nitrogens is 1. The molecule has 0 aliphatic rings. The van der Waals surface area contributed by atoms with Crippen molar-refractivity contribution in [3.8, 4) is 0 Å². The zero-order valence-electron chi connectivity index (χ0n) is 11.5. The van der Waals surface area contributed by atoms with Gasteiger partial charge >= 0.3 is 0 Å². The van der Waals surface area contributed by atoms with Crippen LogP contribution in [0.15, 0.2) is 34.2 Å². The van der Waals surface area contributed by atoms with Gasteiger partial charge in [-0.05, 0) is 24.5 Å². The van der Waals surface area contributed by atoms with Crippen molar-refractivity contribution in [1.82, 2.24) is 15.2 Å². The molecule has 0 saturated heterocycles. The minimum absolute atomic E-state index is 0.0212. The molecule has 1 aromatic carbocycles. The van der Waals surface area contributed by atoms with Crippen molar-refractivity contribution >= 4 is 17.7 Å². The SMILES string of the molecule is Cc1ccccc1CSc1nnc(CCC(=O)[O-])c(=O)[nH]1. The zero-order chi connectivity index (χ0) is 15.2. The minimum atomic E-state index is -1.21. The van der Waals surface area contributed by atoms with Gasteiger partial charge in [-0.1, -0.05) is 36.0 Å². The van der Waals surface area contributed by atoms with Crippen molar-refractivity contribution in [2.75, 3.05) is 0 Å². The van der Waals surface area contributed by atoms with Gasteiger partial charge in [0.05, 0.1) is 0 Å². The highest BCUT2D eigenvalue weighted by atomic mass is 32.2. The van der Waals surface area contributed by atoms with E-state index in [0.717, 1.165) is 5.56 Å². The van der Waals surface area contributed by atoms with Gasteiger partial charge in [-0.15, -0.1) is 10.2 Å². The number of carboxylic acids is 1. The number of nitrogens with one attached hydrogen (secondary N) is 1. The highest BCUT2D eigenvalue weighted by Crippen LogP contribution is 2.19. The smallest absolute Gasteiger partial charge is 0.273 e. The van der Waals surface area contributed by atoms with E-state index in [1.807, 2.05) is 31.2 Å². The number of carbonyl (C=O) groups excluding carboxylic acids is 1. The molecule has 0 unspecified atom stereocenters. The first kappa shape index (κ1) is 15.2. The van der Waals surface area contributed by atoms with E-state index in [-0.39, 0.29) is 18.5 Å². The summed E-state index contributed by atoms with van der Waals surface area (Å²) < 4.78 is 0. The van der Waals surface area contributed by atoms with Gasteiger partial charge in [0, 0.05) is 18.1 Å². The number of carbonyl (C=O) groups is 1. The molecule has 2 aromatic rings. The third kappa shape index (κ3) is 4.42. The number of hydrogen-bond acceptors (Lipinski definition) is 6. The number of thioether (sulfide) groups is 1. The molecule has 0 aliphatic carbocycles. The molecule has 0 radical (unpaired) electrons. The average molecular weight is 304 g/mol. The van der Waals surface area contributed by atoms with Crippen LogP contribution in [-0.4, -0.2) is 21.2 Å². The lowest BCUT2D eigenvalue weighted by Gasteiger charge is -2.05. The molecular weight excluding hydrogens is 290 g/mol. The maximum atomic E-state index is 11.7. The van der Waals surface area contributed by atoms with Gasteiger partial charge in [-0.3, -0.25) is 9.78 Å². The largest absolute Gasteiger partial charge is 0.550 e. The van der Waals surface area contributed by atoms with Gasteiger partial charge in [0.1, 0.15) is 5.69 Å². The van der Waals surface area contributed by atoms with Crippen LogP contribution in [0.1, 0.15) is 23.2 Å². The Morgan fingerprint density at radius 2 is 2.10 bits per heavy atom. The number of hydrogen-bond donors (Lipinski definition) is 1. The first-order valence-corrected chi connectivity index (χ1v) is 7.38. The van der Waals surface area contributed by atoms with Gasteiger partial charge in [0.2, 0.25) is 0 Å². The van der Waals surface area contributed by atoms with Gasteiger partial charge in [-0.2, -0.15) is 0 Å². The fourth-order valence-corrected chi connectivity index (χ4v) is 2.59. The summed E-state index contributed by atoms with van der Waals surface area (Å²) in [5.74, 6) is -0.537. The van der Waals surface area contributed by atoms with Crippen LogP contribution in [0.4, 0.5) is 0 Å². The first-order valence-electron chi connectivity index (χ1n) is 6.39. The van der Waals surface area contributed by atoms with E-state index in [4.69, 9.17) is 0 Å². The zero-order valence-corrected chi connectivity index (χ0v) is 12.3. The van der Waals surface area contributed by atoms with Gasteiger partial charge in [-0.25, -0.2) is 0 Å². The molecule has 0 aliphatic heterocycles. The predicted molar refractivity (Wildman–Crippen MR) is 76.7 cm³/mol. The van der Waals surface area contributed by atoms with Gasteiger partial charge in [0.15, 0.2) is 5.16 Å². The van der Waals surface area contributed by atoms with E-state index in [0.29, 0.717) is 10.9 Å². The molecular formula is C14H14N3O3S-. The van der Waals surface area contributed by atoms with Crippen LogP contribution in [0.3, 0.4) is 0 Å². The normalized spacial score (nSPS) is 10.5. The number of aromatic amines is 1. The molecule has 2 rings (SSSR count). The van der Waals surface area contributed by atoms with E-state index in [1.54, 1.807) is 0 Å². The Balaban J connectivity index is 2.02. The van der Waals surface area contributed by atoms with E-state index in [2.05, 4.69) is 15.2 Å². The summed E-state index contributed by atoms with van der Waals surface area (Å²) >= 11 is 1.38. The minimum Gasteiger partial charge on any atom is -0.550 e. The number of carboxylic acid groups (broad SMARTS) is 1. The summed E-state index contributed by atoms with van der Waals surface area (Å²) in [5.41, 5.74) is 2.04. The highest BCUT2D eigenvalue weighted by molar-refractivity contribution is 7.98. The molecule has 21 heavy (non-hydrogen) atoms. The van der Waals surface area contributed by atoms with Crippen molar-refractivity contribution in [3.63, 3.8) is 0 Å². The maximum Gasteiger partial charge on any atom is 0.273 e. The van der Waals surface area contributed by atoms with E-state index in [1.165, 1.54) is 17.3 Å². The van der Waals surface area contributed by atoms with E-state index < -0.39 is 11.5 Å². The number of benzene rings is 1. The van der Waals surface area contributed by atoms with Crippen LogP contribution in [0.2, 0.25) is 0 Å². The predicted octanol–water partition coefficient (Wildman–Crippen LogP) is 0.448. The Labute approximate surface area is 125 Å². The average Bonchev–Trinajstić information content (AvgIpc) is 2.45. The van der Waals surface area contributed by atoms with Crippen LogP contribution in [0, 0.1) is 6.92 Å². The van der Waals surface area contributed by atoms with Gasteiger partial charge in [0.25, 0.3) is 5.56 Å². The molecule has 6 nitrogen and oxygen atoms in total. The standard InChI is InChI=1S/C14H15N3O3S/c1-9-4-2-3-5-10(9)8-21-14-15-13(20)11(16-17-14)6-7-12(18)19/h2-5H,6-8H2,1H3,(H,18,19)(H,15,17,20)/p-1. The van der Waals surface area contributed by atoms with Crippen LogP contribution in [-0.2, 0) is 17.0 Å². The second-order valence-electron chi connectivity index (χ2n) is 4.49. The highest BCUT2D eigenvalue weighted by Gasteiger charge is 2.06. The lowest BCUT2D eigenvalue weighted by atomic mass is 10.1. The maximum absolute atomic E-state index is 11.7. The molecule has 0 bridgehead atoms. The molecule has 0 saturated carbocycles. The van der Waals surface area contributed by atoms with E-state index >= 15 is 0 Å². The van der Waals surface area contributed by atoms with Crippen molar-refractivity contribution < 1.29 is 9.90 Å². The van der Waals surface area contributed by atoms with Crippen molar-refractivity contribution in [2.24, 2.45) is 0 Å². The fourth-order valence-electron chi connectivity index (χ4n) is 1.71. The van der Waals surface area contributed by atoms with Crippen LogP contribution in [0.25, 0.3) is 0 Å². The molecule has 1 heterocycles. The number of aryl methyl sites for hydroxylation is 2. The summed E-state index contributed by atoms with van der Waals surface area (Å²) in [6.45, 7) is 2.02. The molecule has 0 amide bonds. The summed E-state index contributed by atoms with van der Waals surface area (Å²) in [5, 5.41) is 18.5. The monoisotopic (exact) mass is 304 g/mol. The Bertz CT molecular complexity index is 700. The molecule has 0 fully saturated rings. The molecule has 7 heteroatoms. The summed E-state index contributed by atoms with van der Waals surface area (Å²) in [4.78, 5) is 24.7. The lowest BCUT2D eigenvalue weighted by Crippen LogP contribution is -2.25. The molecule has 110 valence electrons. The quantitative estimate of drug-likeness (QED) is 0.778. The topological polar surface area (TPSA) is 98.8 Å². The Hall–Kier alpha value is -2.15. The lowest BCUT2D eigenvalue weighted by molar-refractivity contribution is -0.305. The van der Waals surface area contributed by atoms with Gasteiger partial charge < -0.3 is 9.90 Å². The third-order valence-corrected chi connectivity index (χ3v) is 3.85. The molecule has 0 spiro atoms. The van der Waals surface area contributed by atoms with Crippen LogP contribution < -0.4 is 10.7 Å². The molecule has 1 aromatic heterocycles. The van der Waals surface area contributed by atoms with Crippen LogP contribution in [0.5, 0.6) is 0 Å². The number of rotatable bonds is 6. The third-order valence-electron chi connectivity index (χ3n) is 2.94. The molecule has 1 N–H and O–H groups in total. The second kappa shape index (κ2) is 7.03. The first-order chi connectivity index (χ1) is 10.1. The van der Waals surface area contributed by atoms with E-state index in [9.17, 15) is 14.7 Å².